The van der Waals surface area contributed by atoms with Crippen molar-refractivity contribution in [2.45, 2.75) is 26.7 Å². The minimum Gasteiger partial charge on any atom is -0.496 e. The fourth-order valence-corrected chi connectivity index (χ4v) is 2.40. The van der Waals surface area contributed by atoms with Gasteiger partial charge in [0.15, 0.2) is 0 Å². The van der Waals surface area contributed by atoms with Gasteiger partial charge in [-0.3, -0.25) is 0 Å². The van der Waals surface area contributed by atoms with Crippen molar-refractivity contribution in [2.75, 3.05) is 7.11 Å². The van der Waals surface area contributed by atoms with E-state index in [4.69, 9.17) is 4.74 Å². The highest BCUT2D eigenvalue weighted by Crippen LogP contribution is 2.36. The first kappa shape index (κ1) is 14.0. The van der Waals surface area contributed by atoms with E-state index in [-0.39, 0.29) is 0 Å². The van der Waals surface area contributed by atoms with Crippen LogP contribution in [0.15, 0.2) is 24.5 Å². The zero-order valence-electron chi connectivity index (χ0n) is 12.1. The molecule has 4 nitrogen and oxygen atoms in total. The van der Waals surface area contributed by atoms with E-state index in [0.29, 0.717) is 5.82 Å². The van der Waals surface area contributed by atoms with Crippen molar-refractivity contribution in [1.29, 1.82) is 5.26 Å². The molecule has 1 aromatic heterocycles. The lowest BCUT2D eigenvalue weighted by Gasteiger charge is -2.19. The molecule has 102 valence electrons. The molecule has 1 heterocycles. The summed E-state index contributed by atoms with van der Waals surface area (Å²) >= 11 is 0. The number of benzene rings is 1. The minimum atomic E-state index is -0.523. The average Bonchev–Trinajstić information content (AvgIpc) is 2.46. The Hall–Kier alpha value is -2.41. The first-order chi connectivity index (χ1) is 9.60. The molecule has 1 unspecified atom stereocenters. The molecule has 4 heteroatoms. The topological polar surface area (TPSA) is 58.8 Å². The van der Waals surface area contributed by atoms with Crippen LogP contribution in [0.1, 0.15) is 34.0 Å². The molecule has 1 atom stereocenters. The van der Waals surface area contributed by atoms with Crippen LogP contribution in [0.2, 0.25) is 0 Å². The molecule has 0 spiro atoms. The van der Waals surface area contributed by atoms with E-state index in [9.17, 15) is 5.26 Å². The maximum absolute atomic E-state index is 9.55. The molecule has 0 bridgehead atoms. The van der Waals surface area contributed by atoms with Crippen LogP contribution in [-0.2, 0) is 0 Å². The molecule has 0 aliphatic rings. The van der Waals surface area contributed by atoms with Gasteiger partial charge in [0.05, 0.1) is 13.2 Å². The maximum atomic E-state index is 9.55. The number of hydrogen-bond acceptors (Lipinski definition) is 4. The second kappa shape index (κ2) is 5.70. The van der Waals surface area contributed by atoms with Crippen molar-refractivity contribution < 1.29 is 4.74 Å². The van der Waals surface area contributed by atoms with Crippen molar-refractivity contribution >= 4 is 0 Å². The quantitative estimate of drug-likeness (QED) is 0.857. The summed E-state index contributed by atoms with van der Waals surface area (Å²) in [4.78, 5) is 8.41. The molecule has 0 saturated carbocycles. The molecule has 0 aliphatic heterocycles. The number of methoxy groups -OCH3 is 1. The Bertz CT molecular complexity index is 660. The van der Waals surface area contributed by atoms with Gasteiger partial charge in [0.1, 0.15) is 17.5 Å². The molecule has 0 saturated heterocycles. The third-order valence-corrected chi connectivity index (χ3v) is 3.50. The Morgan fingerprint density at radius 2 is 1.80 bits per heavy atom. The van der Waals surface area contributed by atoms with Crippen molar-refractivity contribution in [3.63, 3.8) is 0 Å². The van der Waals surface area contributed by atoms with Crippen LogP contribution in [0.25, 0.3) is 0 Å². The van der Waals surface area contributed by atoms with Gasteiger partial charge in [-0.2, -0.15) is 5.26 Å². The SMILES string of the molecule is COc1c(C)c(C)cc(C)c1C(C#N)c1ncccn1. The Kier molecular flexibility index (Phi) is 3.99. The number of rotatable bonds is 3. The predicted molar refractivity (Wildman–Crippen MR) is 76.7 cm³/mol. The number of ether oxygens (including phenoxy) is 1. The van der Waals surface area contributed by atoms with Gasteiger partial charge in [-0.1, -0.05) is 6.07 Å². The monoisotopic (exact) mass is 267 g/mol. The number of aryl methyl sites for hydroxylation is 2. The molecular weight excluding hydrogens is 250 g/mol. The van der Waals surface area contributed by atoms with E-state index >= 15 is 0 Å². The highest BCUT2D eigenvalue weighted by atomic mass is 16.5. The molecule has 1 aromatic carbocycles. The summed E-state index contributed by atoms with van der Waals surface area (Å²) in [5.41, 5.74) is 4.06. The van der Waals surface area contributed by atoms with Gasteiger partial charge in [0.2, 0.25) is 0 Å². The Morgan fingerprint density at radius 1 is 1.15 bits per heavy atom. The van der Waals surface area contributed by atoms with E-state index in [2.05, 4.69) is 22.1 Å². The molecule has 0 fully saturated rings. The first-order valence-electron chi connectivity index (χ1n) is 6.41. The highest BCUT2D eigenvalue weighted by molar-refractivity contribution is 5.54. The summed E-state index contributed by atoms with van der Waals surface area (Å²) in [6.45, 7) is 6.02. The van der Waals surface area contributed by atoms with Gasteiger partial charge < -0.3 is 4.74 Å². The largest absolute Gasteiger partial charge is 0.496 e. The molecule has 0 N–H and O–H groups in total. The molecule has 2 aromatic rings. The van der Waals surface area contributed by atoms with Gasteiger partial charge in [-0.05, 0) is 43.5 Å². The third-order valence-electron chi connectivity index (χ3n) is 3.50. The van der Waals surface area contributed by atoms with E-state index < -0.39 is 5.92 Å². The lowest BCUT2D eigenvalue weighted by atomic mass is 9.90. The van der Waals surface area contributed by atoms with Crippen molar-refractivity contribution in [1.82, 2.24) is 9.97 Å². The zero-order valence-corrected chi connectivity index (χ0v) is 12.1. The molecule has 2 rings (SSSR count). The third kappa shape index (κ3) is 2.35. The van der Waals surface area contributed by atoms with Crippen LogP contribution in [0.3, 0.4) is 0 Å². The standard InChI is InChI=1S/C16H17N3O/c1-10-8-11(2)14(15(20-4)12(10)3)13(9-17)16-18-6-5-7-19-16/h5-8,13H,1-4H3. The molecule has 20 heavy (non-hydrogen) atoms. The number of aromatic nitrogens is 2. The first-order valence-corrected chi connectivity index (χ1v) is 6.41. The Labute approximate surface area is 119 Å². The van der Waals surface area contributed by atoms with E-state index in [1.807, 2.05) is 20.8 Å². The normalized spacial score (nSPS) is 11.8. The van der Waals surface area contributed by atoms with Crippen LogP contribution in [0.5, 0.6) is 5.75 Å². The molecule has 0 amide bonds. The predicted octanol–water partition coefficient (Wildman–Crippen LogP) is 3.07. The van der Waals surface area contributed by atoms with Crippen LogP contribution >= 0.6 is 0 Å². The van der Waals surface area contributed by atoms with Gasteiger partial charge in [-0.15, -0.1) is 0 Å². The van der Waals surface area contributed by atoms with Crippen LogP contribution in [-0.4, -0.2) is 17.1 Å². The molecule has 0 aliphatic carbocycles. The summed E-state index contributed by atoms with van der Waals surface area (Å²) in [5.74, 6) is 0.728. The van der Waals surface area contributed by atoms with Crippen molar-refractivity contribution in [2.24, 2.45) is 0 Å². The van der Waals surface area contributed by atoms with E-state index in [0.717, 1.165) is 28.0 Å². The number of nitrogens with zero attached hydrogens (tertiary/aromatic N) is 3. The van der Waals surface area contributed by atoms with Gasteiger partial charge in [0, 0.05) is 18.0 Å². The second-order valence-electron chi connectivity index (χ2n) is 4.75. The van der Waals surface area contributed by atoms with Gasteiger partial charge in [-0.25, -0.2) is 9.97 Å². The molecular formula is C16H17N3O. The van der Waals surface area contributed by atoms with E-state index in [1.54, 1.807) is 25.6 Å². The fourth-order valence-electron chi connectivity index (χ4n) is 2.40. The van der Waals surface area contributed by atoms with Crippen LogP contribution in [0.4, 0.5) is 0 Å². The zero-order chi connectivity index (χ0) is 14.7. The summed E-state index contributed by atoms with van der Waals surface area (Å²) in [6.07, 6.45) is 3.30. The average molecular weight is 267 g/mol. The lowest BCUT2D eigenvalue weighted by Crippen LogP contribution is -2.09. The van der Waals surface area contributed by atoms with Crippen molar-refractivity contribution in [3.05, 3.63) is 52.6 Å². The Balaban J connectivity index is 2.68. The van der Waals surface area contributed by atoms with Crippen molar-refractivity contribution in [3.8, 4) is 11.8 Å². The fraction of sp³-hybridized carbons (Fsp3) is 0.312. The second-order valence-corrected chi connectivity index (χ2v) is 4.75. The summed E-state index contributed by atoms with van der Waals surface area (Å²) in [7, 11) is 1.63. The summed E-state index contributed by atoms with van der Waals surface area (Å²) in [5, 5.41) is 9.55. The maximum Gasteiger partial charge on any atom is 0.149 e. The minimum absolute atomic E-state index is 0.500. The van der Waals surface area contributed by atoms with Gasteiger partial charge >= 0.3 is 0 Å². The molecule has 0 radical (unpaired) electrons. The van der Waals surface area contributed by atoms with Gasteiger partial charge in [0.25, 0.3) is 0 Å². The summed E-state index contributed by atoms with van der Waals surface area (Å²) in [6, 6.07) is 6.10. The number of nitriles is 1. The number of hydrogen-bond donors (Lipinski definition) is 0. The van der Waals surface area contributed by atoms with Crippen LogP contribution in [0, 0.1) is 32.1 Å². The Morgan fingerprint density at radius 3 is 2.35 bits per heavy atom. The lowest BCUT2D eigenvalue weighted by molar-refractivity contribution is 0.405. The summed E-state index contributed by atoms with van der Waals surface area (Å²) < 4.78 is 5.54. The highest BCUT2D eigenvalue weighted by Gasteiger charge is 2.24. The van der Waals surface area contributed by atoms with Crippen LogP contribution < -0.4 is 4.74 Å². The van der Waals surface area contributed by atoms with E-state index in [1.165, 1.54) is 0 Å². The smallest absolute Gasteiger partial charge is 0.149 e.